The summed E-state index contributed by atoms with van der Waals surface area (Å²) in [6, 6.07) is 0.726. The van der Waals surface area contributed by atoms with Crippen LogP contribution in [0.4, 0.5) is 0 Å². The minimum atomic E-state index is -3.06. The molecule has 144 valence electrons. The van der Waals surface area contributed by atoms with Crippen LogP contribution in [-0.4, -0.2) is 44.2 Å². The zero-order chi connectivity index (χ0) is 18.6. The fourth-order valence-electron chi connectivity index (χ4n) is 2.06. The molecule has 1 atom stereocenters. The molecule has 0 spiro atoms. The maximum atomic E-state index is 11.9. The number of unbranched alkanes of at least 4 members (excludes halogenated alkanes) is 1. The molecule has 0 rings (SSSR count). The maximum absolute atomic E-state index is 11.9. The lowest BCUT2D eigenvalue weighted by atomic mass is 10.3. The standard InChI is InChI=1S/C16H35NO5P2/c1-8-12-21-23(17(15(2)3)16(4)5)22-13-10-9-11-14-24(18,19-6)20-7/h11,14-16H,8-10,12-13H2,1-7H3/b14-11+. The van der Waals surface area contributed by atoms with Gasteiger partial charge in [0.2, 0.25) is 0 Å². The van der Waals surface area contributed by atoms with Gasteiger partial charge >= 0.3 is 7.60 Å². The third-order valence-corrected chi connectivity index (χ3v) is 6.87. The lowest BCUT2D eigenvalue weighted by molar-refractivity contribution is 0.173. The number of hydrogen-bond acceptors (Lipinski definition) is 6. The molecule has 0 saturated carbocycles. The van der Waals surface area contributed by atoms with Crippen LogP contribution in [0.5, 0.6) is 0 Å². The van der Waals surface area contributed by atoms with E-state index < -0.39 is 16.1 Å². The highest BCUT2D eigenvalue weighted by molar-refractivity contribution is 7.57. The molecule has 6 nitrogen and oxygen atoms in total. The van der Waals surface area contributed by atoms with Crippen molar-refractivity contribution in [1.29, 1.82) is 0 Å². The van der Waals surface area contributed by atoms with Crippen LogP contribution in [0.15, 0.2) is 11.9 Å². The van der Waals surface area contributed by atoms with Gasteiger partial charge in [0.05, 0.1) is 13.2 Å². The molecule has 0 aromatic carbocycles. The summed E-state index contributed by atoms with van der Waals surface area (Å²) in [5.74, 6) is 1.50. The molecule has 0 heterocycles. The number of hydrogen-bond donors (Lipinski definition) is 0. The minimum absolute atomic E-state index is 0.363. The molecule has 8 heteroatoms. The van der Waals surface area contributed by atoms with Crippen LogP contribution in [0.2, 0.25) is 0 Å². The summed E-state index contributed by atoms with van der Waals surface area (Å²) in [5, 5.41) is 0. The first-order chi connectivity index (χ1) is 11.3. The Hall–Kier alpha value is 0.200. The Morgan fingerprint density at radius 1 is 1.04 bits per heavy atom. The Morgan fingerprint density at radius 3 is 2.04 bits per heavy atom. The van der Waals surface area contributed by atoms with Crippen LogP contribution in [0.1, 0.15) is 53.9 Å². The van der Waals surface area contributed by atoms with Crippen LogP contribution < -0.4 is 0 Å². The summed E-state index contributed by atoms with van der Waals surface area (Å²) in [7, 11) is -1.35. The summed E-state index contributed by atoms with van der Waals surface area (Å²) >= 11 is 0. The van der Waals surface area contributed by atoms with Crippen LogP contribution >= 0.6 is 16.1 Å². The van der Waals surface area contributed by atoms with Crippen LogP contribution in [0, 0.1) is 0 Å². The van der Waals surface area contributed by atoms with Gasteiger partial charge in [-0.2, -0.15) is 0 Å². The van der Waals surface area contributed by atoms with E-state index in [9.17, 15) is 4.57 Å². The van der Waals surface area contributed by atoms with Crippen molar-refractivity contribution in [1.82, 2.24) is 4.67 Å². The fraction of sp³-hybridized carbons (Fsp3) is 0.875. The third-order valence-electron chi connectivity index (χ3n) is 3.17. The predicted octanol–water partition coefficient (Wildman–Crippen LogP) is 5.56. The second-order valence-corrected chi connectivity index (χ2v) is 9.47. The summed E-state index contributed by atoms with van der Waals surface area (Å²) in [5.41, 5.74) is 0. The second kappa shape index (κ2) is 13.4. The Balaban J connectivity index is 4.42. The van der Waals surface area contributed by atoms with Crippen molar-refractivity contribution in [3.05, 3.63) is 11.9 Å². The van der Waals surface area contributed by atoms with E-state index in [-0.39, 0.29) is 0 Å². The fourth-order valence-corrected chi connectivity index (χ4v) is 4.58. The van der Waals surface area contributed by atoms with E-state index in [1.807, 2.05) is 6.08 Å². The van der Waals surface area contributed by atoms with Crippen molar-refractivity contribution in [2.75, 3.05) is 27.4 Å². The molecule has 0 N–H and O–H groups in total. The van der Waals surface area contributed by atoms with Crippen molar-refractivity contribution in [2.45, 2.75) is 66.0 Å². The van der Waals surface area contributed by atoms with Crippen molar-refractivity contribution < 1.29 is 22.7 Å². The molecule has 0 fully saturated rings. The summed E-state index contributed by atoms with van der Waals surface area (Å²) in [6.45, 7) is 12.0. The highest BCUT2D eigenvalue weighted by Crippen LogP contribution is 2.48. The van der Waals surface area contributed by atoms with Gasteiger partial charge in [-0.15, -0.1) is 0 Å². The summed E-state index contributed by atoms with van der Waals surface area (Å²) < 4.78 is 35.8. The molecule has 0 saturated heterocycles. The topological polar surface area (TPSA) is 57.2 Å². The van der Waals surface area contributed by atoms with Gasteiger partial charge in [-0.3, -0.25) is 4.57 Å². The molecular formula is C16H35NO5P2. The molecule has 0 radical (unpaired) electrons. The average Bonchev–Trinajstić information content (AvgIpc) is 2.54. The van der Waals surface area contributed by atoms with Gasteiger partial charge in [0.15, 0.2) is 0 Å². The zero-order valence-corrected chi connectivity index (χ0v) is 18.0. The monoisotopic (exact) mass is 383 g/mol. The Labute approximate surface area is 149 Å². The minimum Gasteiger partial charge on any atom is -0.322 e. The first-order valence-corrected chi connectivity index (χ1v) is 11.3. The molecule has 0 aliphatic carbocycles. The van der Waals surface area contributed by atoms with E-state index in [2.05, 4.69) is 39.3 Å². The van der Waals surface area contributed by atoms with Gasteiger partial charge in [-0.05, 0) is 47.0 Å². The molecule has 1 unspecified atom stereocenters. The van der Waals surface area contributed by atoms with Gasteiger partial charge in [0.25, 0.3) is 8.53 Å². The van der Waals surface area contributed by atoms with Gasteiger partial charge in [-0.25, -0.2) is 4.67 Å². The summed E-state index contributed by atoms with van der Waals surface area (Å²) in [6.07, 6.45) is 4.35. The largest absolute Gasteiger partial charge is 0.353 e. The zero-order valence-electron chi connectivity index (χ0n) is 16.2. The van der Waals surface area contributed by atoms with Gasteiger partial charge in [-0.1, -0.05) is 13.0 Å². The Kier molecular flexibility index (Phi) is 13.5. The van der Waals surface area contributed by atoms with E-state index in [1.54, 1.807) is 0 Å². The molecule has 0 amide bonds. The van der Waals surface area contributed by atoms with Crippen molar-refractivity contribution >= 4 is 16.1 Å². The highest BCUT2D eigenvalue weighted by Gasteiger charge is 2.26. The second-order valence-electron chi connectivity index (χ2n) is 5.90. The quantitative estimate of drug-likeness (QED) is 0.289. The average molecular weight is 383 g/mol. The molecule has 0 aromatic heterocycles. The van der Waals surface area contributed by atoms with Gasteiger partial charge < -0.3 is 18.1 Å². The highest BCUT2D eigenvalue weighted by atomic mass is 31.2. The molecule has 0 aliphatic rings. The van der Waals surface area contributed by atoms with Gasteiger partial charge in [0.1, 0.15) is 0 Å². The van der Waals surface area contributed by atoms with Crippen LogP contribution in [0.3, 0.4) is 0 Å². The van der Waals surface area contributed by atoms with Crippen molar-refractivity contribution in [2.24, 2.45) is 0 Å². The van der Waals surface area contributed by atoms with E-state index in [0.717, 1.165) is 19.3 Å². The number of nitrogens with zero attached hydrogens (tertiary/aromatic N) is 1. The molecule has 24 heavy (non-hydrogen) atoms. The predicted molar refractivity (Wildman–Crippen MR) is 101 cm³/mol. The van der Waals surface area contributed by atoms with E-state index >= 15 is 0 Å². The SMILES string of the molecule is CCCOP(OCCC/C=C/P(=O)(OC)OC)N(C(C)C)C(C)C. The van der Waals surface area contributed by atoms with E-state index in [4.69, 9.17) is 18.1 Å². The van der Waals surface area contributed by atoms with Crippen molar-refractivity contribution in [3.63, 3.8) is 0 Å². The van der Waals surface area contributed by atoms with Gasteiger partial charge in [0, 0.05) is 32.1 Å². The number of allylic oxidation sites excluding steroid dienone is 1. The van der Waals surface area contributed by atoms with Crippen LogP contribution in [-0.2, 0) is 22.7 Å². The molecular weight excluding hydrogens is 348 g/mol. The molecule has 0 aromatic rings. The lowest BCUT2D eigenvalue weighted by Crippen LogP contribution is -2.33. The first kappa shape index (κ1) is 24.2. The Morgan fingerprint density at radius 2 is 1.58 bits per heavy atom. The number of rotatable bonds is 14. The molecule has 0 aliphatic heterocycles. The van der Waals surface area contributed by atoms with E-state index in [1.165, 1.54) is 20.0 Å². The smallest absolute Gasteiger partial charge is 0.322 e. The summed E-state index contributed by atoms with van der Waals surface area (Å²) in [4.78, 5) is 0. The van der Waals surface area contributed by atoms with E-state index in [0.29, 0.717) is 25.3 Å². The first-order valence-electron chi connectivity index (χ1n) is 8.54. The van der Waals surface area contributed by atoms with Crippen LogP contribution in [0.25, 0.3) is 0 Å². The normalized spacial score (nSPS) is 14.4. The lowest BCUT2D eigenvalue weighted by Gasteiger charge is -2.35. The molecule has 0 bridgehead atoms. The van der Waals surface area contributed by atoms with Crippen molar-refractivity contribution in [3.8, 4) is 0 Å². The maximum Gasteiger partial charge on any atom is 0.353 e. The Bertz CT molecular complexity index is 375. The third kappa shape index (κ3) is 9.62.